The molecule has 0 bridgehead atoms. The van der Waals surface area contributed by atoms with E-state index in [-0.39, 0.29) is 24.6 Å². The Balaban J connectivity index is 2.82. The number of pyridine rings is 1. The van der Waals surface area contributed by atoms with Crippen molar-refractivity contribution in [2.24, 2.45) is 5.73 Å². The maximum atomic E-state index is 11.9. The number of anilines is 1. The number of nitrogen functional groups attached to an aromatic ring is 1. The summed E-state index contributed by atoms with van der Waals surface area (Å²) in [5.74, 6) is -0.950. The van der Waals surface area contributed by atoms with Crippen LogP contribution in [0.3, 0.4) is 0 Å². The second kappa shape index (κ2) is 5.85. The molecular formula is C11H16N4O3. The molecule has 1 rings (SSSR count). The van der Waals surface area contributed by atoms with Crippen molar-refractivity contribution in [1.29, 1.82) is 0 Å². The molecule has 1 aromatic heterocycles. The summed E-state index contributed by atoms with van der Waals surface area (Å²) in [5.41, 5.74) is 10.6. The van der Waals surface area contributed by atoms with Crippen molar-refractivity contribution in [3.63, 3.8) is 0 Å². The van der Waals surface area contributed by atoms with E-state index in [1.54, 1.807) is 6.92 Å². The van der Waals surface area contributed by atoms with Crippen LogP contribution in [0.15, 0.2) is 23.1 Å². The molecule has 0 fully saturated rings. The minimum atomic E-state index is -0.592. The number of nitrogens with zero attached hydrogens (tertiary/aromatic N) is 2. The van der Waals surface area contributed by atoms with E-state index in [0.29, 0.717) is 12.2 Å². The van der Waals surface area contributed by atoms with E-state index in [9.17, 15) is 14.4 Å². The lowest BCUT2D eigenvalue weighted by Gasteiger charge is -2.19. The third kappa shape index (κ3) is 3.62. The fourth-order valence-electron chi connectivity index (χ4n) is 1.48. The van der Waals surface area contributed by atoms with Crippen LogP contribution in [0.5, 0.6) is 0 Å². The van der Waals surface area contributed by atoms with Crippen molar-refractivity contribution < 1.29 is 9.59 Å². The van der Waals surface area contributed by atoms with Gasteiger partial charge in [-0.15, -0.1) is 0 Å². The van der Waals surface area contributed by atoms with Crippen LogP contribution in [0.1, 0.15) is 6.92 Å². The Morgan fingerprint density at radius 3 is 2.61 bits per heavy atom. The smallest absolute Gasteiger partial charge is 0.251 e. The highest BCUT2D eigenvalue weighted by Gasteiger charge is 2.14. The van der Waals surface area contributed by atoms with Gasteiger partial charge in [0.25, 0.3) is 5.56 Å². The van der Waals surface area contributed by atoms with Crippen molar-refractivity contribution in [2.75, 3.05) is 18.8 Å². The van der Waals surface area contributed by atoms with Crippen LogP contribution >= 0.6 is 0 Å². The van der Waals surface area contributed by atoms with Crippen LogP contribution in [-0.4, -0.2) is 34.4 Å². The normalized spacial score (nSPS) is 10.1. The average molecular weight is 252 g/mol. The lowest BCUT2D eigenvalue weighted by molar-refractivity contribution is -0.135. The lowest BCUT2D eigenvalue weighted by Crippen LogP contribution is -2.41. The summed E-state index contributed by atoms with van der Waals surface area (Å²) in [6.07, 6.45) is 1.39. The quantitative estimate of drug-likeness (QED) is 0.683. The number of likely N-dealkylation sites (N-methyl/N-ethyl adjacent to an activating group) is 1. The summed E-state index contributed by atoms with van der Waals surface area (Å²) >= 11 is 0. The van der Waals surface area contributed by atoms with Gasteiger partial charge in [-0.2, -0.15) is 0 Å². The van der Waals surface area contributed by atoms with Gasteiger partial charge in [0, 0.05) is 24.5 Å². The summed E-state index contributed by atoms with van der Waals surface area (Å²) in [6.45, 7) is 1.75. The first kappa shape index (κ1) is 13.8. The molecule has 0 spiro atoms. The van der Waals surface area contributed by atoms with E-state index in [1.165, 1.54) is 27.8 Å². The second-order valence-corrected chi connectivity index (χ2v) is 3.80. The summed E-state index contributed by atoms with van der Waals surface area (Å²) in [4.78, 5) is 35.4. The van der Waals surface area contributed by atoms with E-state index in [1.807, 2.05) is 0 Å². The molecule has 0 unspecified atom stereocenters. The zero-order valence-corrected chi connectivity index (χ0v) is 10.1. The molecule has 7 heteroatoms. The molecule has 0 aromatic carbocycles. The molecule has 4 N–H and O–H groups in total. The first-order valence-corrected chi connectivity index (χ1v) is 5.46. The fourth-order valence-corrected chi connectivity index (χ4v) is 1.48. The van der Waals surface area contributed by atoms with Crippen molar-refractivity contribution in [1.82, 2.24) is 9.47 Å². The molecule has 0 saturated carbocycles. The van der Waals surface area contributed by atoms with E-state index in [4.69, 9.17) is 11.5 Å². The van der Waals surface area contributed by atoms with Crippen molar-refractivity contribution in [2.45, 2.75) is 13.5 Å². The lowest BCUT2D eigenvalue weighted by atomic mass is 10.4. The third-order valence-corrected chi connectivity index (χ3v) is 2.39. The fraction of sp³-hybridized carbons (Fsp3) is 0.364. The Kier molecular flexibility index (Phi) is 4.47. The summed E-state index contributed by atoms with van der Waals surface area (Å²) < 4.78 is 1.20. The molecule has 2 amide bonds. The zero-order valence-electron chi connectivity index (χ0n) is 10.1. The van der Waals surface area contributed by atoms with Crippen LogP contribution in [0.4, 0.5) is 5.69 Å². The number of carbonyl (C=O) groups is 2. The predicted octanol–water partition coefficient (Wildman–Crippen LogP) is -1.24. The number of rotatable bonds is 5. The number of aromatic nitrogens is 1. The van der Waals surface area contributed by atoms with Gasteiger partial charge in [0.2, 0.25) is 11.8 Å². The molecule has 0 saturated heterocycles. The molecular weight excluding hydrogens is 236 g/mol. The Bertz CT molecular complexity index is 509. The Hall–Kier alpha value is -2.31. The molecule has 7 nitrogen and oxygen atoms in total. The predicted molar refractivity (Wildman–Crippen MR) is 66.6 cm³/mol. The van der Waals surface area contributed by atoms with Gasteiger partial charge in [0.1, 0.15) is 6.54 Å². The average Bonchev–Trinajstić information content (AvgIpc) is 2.30. The highest BCUT2D eigenvalue weighted by Crippen LogP contribution is 1.98. The molecule has 0 radical (unpaired) electrons. The highest BCUT2D eigenvalue weighted by atomic mass is 16.2. The standard InChI is InChI=1S/C11H16N4O3/c1-2-14(6-9(13)16)11(18)7-15-5-8(12)3-4-10(15)17/h3-5H,2,6-7,12H2,1H3,(H2,13,16). The van der Waals surface area contributed by atoms with Crippen LogP contribution in [0, 0.1) is 0 Å². The number of nitrogens with two attached hydrogens (primary N) is 2. The van der Waals surface area contributed by atoms with E-state index < -0.39 is 5.91 Å². The van der Waals surface area contributed by atoms with Gasteiger partial charge in [0.15, 0.2) is 0 Å². The van der Waals surface area contributed by atoms with Crippen LogP contribution in [0.2, 0.25) is 0 Å². The maximum Gasteiger partial charge on any atom is 0.251 e. The molecule has 18 heavy (non-hydrogen) atoms. The topological polar surface area (TPSA) is 111 Å². The van der Waals surface area contributed by atoms with Crippen molar-refractivity contribution >= 4 is 17.5 Å². The monoisotopic (exact) mass is 252 g/mol. The van der Waals surface area contributed by atoms with Gasteiger partial charge in [-0.3, -0.25) is 14.4 Å². The van der Waals surface area contributed by atoms with E-state index in [2.05, 4.69) is 0 Å². The molecule has 1 heterocycles. The number of carbonyl (C=O) groups excluding carboxylic acids is 2. The molecule has 0 aliphatic heterocycles. The SMILES string of the molecule is CCN(CC(N)=O)C(=O)Cn1cc(N)ccc1=O. The van der Waals surface area contributed by atoms with Gasteiger partial charge < -0.3 is 20.9 Å². The van der Waals surface area contributed by atoms with Gasteiger partial charge in [-0.25, -0.2) is 0 Å². The zero-order chi connectivity index (χ0) is 13.7. The largest absolute Gasteiger partial charge is 0.398 e. The van der Waals surface area contributed by atoms with Crippen LogP contribution < -0.4 is 17.0 Å². The van der Waals surface area contributed by atoms with Gasteiger partial charge in [0.05, 0.1) is 6.54 Å². The number of primary amides is 1. The minimum absolute atomic E-state index is 0.160. The first-order valence-electron chi connectivity index (χ1n) is 5.46. The molecule has 1 aromatic rings. The van der Waals surface area contributed by atoms with Crippen molar-refractivity contribution in [3.8, 4) is 0 Å². The summed E-state index contributed by atoms with van der Waals surface area (Å²) in [5, 5.41) is 0. The number of amides is 2. The van der Waals surface area contributed by atoms with Gasteiger partial charge in [-0.1, -0.05) is 0 Å². The highest BCUT2D eigenvalue weighted by molar-refractivity contribution is 5.83. The Morgan fingerprint density at radius 2 is 2.06 bits per heavy atom. The Labute approximate surface area is 104 Å². The summed E-state index contributed by atoms with van der Waals surface area (Å²) in [7, 11) is 0. The van der Waals surface area contributed by atoms with Gasteiger partial charge in [-0.05, 0) is 13.0 Å². The molecule has 98 valence electrons. The number of hydrogen-bond acceptors (Lipinski definition) is 4. The third-order valence-electron chi connectivity index (χ3n) is 2.39. The first-order chi connectivity index (χ1) is 8.43. The Morgan fingerprint density at radius 1 is 1.39 bits per heavy atom. The van der Waals surface area contributed by atoms with Crippen molar-refractivity contribution in [3.05, 3.63) is 28.7 Å². The molecule has 0 atom stereocenters. The minimum Gasteiger partial charge on any atom is -0.398 e. The molecule has 0 aliphatic carbocycles. The maximum absolute atomic E-state index is 11.9. The van der Waals surface area contributed by atoms with Crippen LogP contribution in [-0.2, 0) is 16.1 Å². The van der Waals surface area contributed by atoms with Crippen LogP contribution in [0.25, 0.3) is 0 Å². The molecule has 0 aliphatic rings. The number of hydrogen-bond donors (Lipinski definition) is 2. The second-order valence-electron chi connectivity index (χ2n) is 3.80. The summed E-state index contributed by atoms with van der Waals surface area (Å²) in [6, 6.07) is 2.75. The van der Waals surface area contributed by atoms with Gasteiger partial charge >= 0.3 is 0 Å². The van der Waals surface area contributed by atoms with E-state index in [0.717, 1.165) is 0 Å². The van der Waals surface area contributed by atoms with E-state index >= 15 is 0 Å².